The summed E-state index contributed by atoms with van der Waals surface area (Å²) >= 11 is 0. The molecule has 0 bridgehead atoms. The van der Waals surface area contributed by atoms with E-state index in [-0.39, 0.29) is 18.4 Å². The van der Waals surface area contributed by atoms with E-state index in [1.54, 1.807) is 12.1 Å². The van der Waals surface area contributed by atoms with E-state index >= 15 is 0 Å². The molecule has 0 aromatic heterocycles. The van der Waals surface area contributed by atoms with Crippen LogP contribution in [0, 0.1) is 12.8 Å². The molecule has 2 rings (SSSR count). The zero-order valence-corrected chi connectivity index (χ0v) is 20.7. The summed E-state index contributed by atoms with van der Waals surface area (Å²) in [5.74, 6) is 1.21. The summed E-state index contributed by atoms with van der Waals surface area (Å²) < 4.78 is 42.3. The van der Waals surface area contributed by atoms with Crippen molar-refractivity contribution < 1.29 is 43.3 Å². The number of aryl methyl sites for hydroxylation is 2. The second kappa shape index (κ2) is 12.1. The molecule has 3 atom stereocenters. The molecule has 0 aliphatic carbocycles. The highest BCUT2D eigenvalue weighted by Gasteiger charge is 2.53. The Morgan fingerprint density at radius 2 is 1.84 bits per heavy atom. The Balaban J connectivity index is 2.00. The van der Waals surface area contributed by atoms with Crippen LogP contribution in [0.5, 0.6) is 11.5 Å². The third-order valence-corrected chi connectivity index (χ3v) is 8.51. The number of rotatable bonds is 12. The van der Waals surface area contributed by atoms with Gasteiger partial charge in [0.1, 0.15) is 17.1 Å². The van der Waals surface area contributed by atoms with Crippen molar-refractivity contribution in [1.82, 2.24) is 0 Å². The normalized spacial score (nSPS) is 19.7. The van der Waals surface area contributed by atoms with Crippen LogP contribution in [0.15, 0.2) is 12.1 Å². The van der Waals surface area contributed by atoms with E-state index in [0.717, 1.165) is 49.0 Å². The molecule has 0 spiro atoms. The van der Waals surface area contributed by atoms with Crippen LogP contribution in [0.3, 0.4) is 0 Å². The lowest BCUT2D eigenvalue weighted by atomic mass is 9.86. The van der Waals surface area contributed by atoms with Crippen molar-refractivity contribution >= 4 is 22.0 Å². The average molecular weight is 490 g/mol. The lowest BCUT2D eigenvalue weighted by Crippen LogP contribution is -2.36. The smallest absolute Gasteiger partial charge is 0.487 e. The van der Waals surface area contributed by atoms with Crippen LogP contribution in [0.4, 0.5) is 0 Å². The second-order valence-corrected chi connectivity index (χ2v) is 11.9. The first-order valence-electron chi connectivity index (χ1n) is 10.7. The van der Waals surface area contributed by atoms with E-state index in [1.807, 2.05) is 6.92 Å². The van der Waals surface area contributed by atoms with Gasteiger partial charge in [0.15, 0.2) is 0 Å². The van der Waals surface area contributed by atoms with Crippen molar-refractivity contribution in [3.63, 3.8) is 0 Å². The third kappa shape index (κ3) is 7.55. The number of ether oxygens (including phenoxy) is 2. The van der Waals surface area contributed by atoms with Gasteiger partial charge in [0.2, 0.25) is 0 Å². The molecule has 2 N–H and O–H groups in total. The second-order valence-electron chi connectivity index (χ2n) is 8.79. The maximum atomic E-state index is 12.2. The molecule has 32 heavy (non-hydrogen) atoms. The van der Waals surface area contributed by atoms with Crippen LogP contribution in [0.1, 0.15) is 70.4 Å². The molecular weight excluding hydrogens is 458 g/mol. The molecule has 3 unspecified atom stereocenters. The highest BCUT2D eigenvalue weighted by atomic mass is 31.2. The summed E-state index contributed by atoms with van der Waals surface area (Å²) in [5.41, 5.74) is 1.63. The van der Waals surface area contributed by atoms with Gasteiger partial charge in [-0.1, -0.05) is 20.3 Å². The molecule has 0 saturated heterocycles. The van der Waals surface area contributed by atoms with Crippen molar-refractivity contribution in [2.75, 3.05) is 0 Å². The minimum Gasteiger partial charge on any atom is -0.487 e. The van der Waals surface area contributed by atoms with Gasteiger partial charge in [0.25, 0.3) is 0 Å². The highest BCUT2D eigenvalue weighted by molar-refractivity contribution is 7.58. The minimum atomic E-state index is -2.79. The Labute approximate surface area is 190 Å². The number of hydrogen-bond acceptors (Lipinski definition) is 9. The molecule has 1 aromatic carbocycles. The largest absolute Gasteiger partial charge is 0.598 e. The van der Waals surface area contributed by atoms with Gasteiger partial charge in [-0.25, -0.2) is 10.5 Å². The van der Waals surface area contributed by atoms with Crippen molar-refractivity contribution in [2.45, 2.75) is 83.6 Å². The van der Waals surface area contributed by atoms with Crippen LogP contribution in [0.25, 0.3) is 0 Å². The number of benzene rings is 1. The number of hydrogen-bond donors (Lipinski definition) is 2. The van der Waals surface area contributed by atoms with Gasteiger partial charge >= 0.3 is 27.4 Å². The van der Waals surface area contributed by atoms with E-state index in [9.17, 15) is 13.9 Å². The first kappa shape index (κ1) is 26.8. The Morgan fingerprint density at radius 3 is 2.44 bits per heavy atom. The van der Waals surface area contributed by atoms with E-state index in [2.05, 4.69) is 30.1 Å². The first-order valence-corrected chi connectivity index (χ1v) is 13.2. The zero-order valence-electron chi connectivity index (χ0n) is 18.9. The number of carbonyl (C=O) groups excluding carboxylic acids is 1. The van der Waals surface area contributed by atoms with Crippen LogP contribution >= 0.6 is 16.1 Å². The molecule has 0 radical (unpaired) electrons. The highest BCUT2D eigenvalue weighted by Crippen LogP contribution is 2.47. The number of carbonyl (C=O) groups is 1. The minimum absolute atomic E-state index is 0.212. The van der Waals surface area contributed by atoms with Crippen LogP contribution in [0.2, 0.25) is 0 Å². The van der Waals surface area contributed by atoms with E-state index < -0.39 is 27.4 Å². The standard InChI is InChI=1S/C21H30O9P2/c1-14(2)6-5-10-21(4)11-9-16-13-17(12-15(3)20(16)28-21)27-18(22)7-8-19(31(25)29-23)32(26)30-24/h12-14,19H,5-11H2,1-4H3/p+2. The predicted molar refractivity (Wildman–Crippen MR) is 119 cm³/mol. The monoisotopic (exact) mass is 490 g/mol. The fraction of sp³-hybridized carbons (Fsp3) is 0.667. The lowest BCUT2D eigenvalue weighted by Gasteiger charge is -2.37. The molecule has 11 heteroatoms. The quantitative estimate of drug-likeness (QED) is 0.113. The summed E-state index contributed by atoms with van der Waals surface area (Å²) in [4.78, 5) is 12.2. The fourth-order valence-corrected chi connectivity index (χ4v) is 5.55. The molecule has 0 saturated carbocycles. The van der Waals surface area contributed by atoms with Crippen molar-refractivity contribution in [3.8, 4) is 11.5 Å². The van der Waals surface area contributed by atoms with Gasteiger partial charge in [0, 0.05) is 9.35 Å². The van der Waals surface area contributed by atoms with Gasteiger partial charge in [-0.15, -0.1) is 0 Å². The zero-order chi connectivity index (χ0) is 23.9. The summed E-state index contributed by atoms with van der Waals surface area (Å²) in [6.45, 7) is 8.47. The van der Waals surface area contributed by atoms with Gasteiger partial charge in [-0.05, 0) is 77.8 Å². The van der Waals surface area contributed by atoms with E-state index in [1.165, 1.54) is 0 Å². The van der Waals surface area contributed by atoms with E-state index in [0.29, 0.717) is 11.7 Å². The summed E-state index contributed by atoms with van der Waals surface area (Å²) in [7, 11) is -5.59. The molecule has 1 aliphatic rings. The Morgan fingerprint density at radius 1 is 1.19 bits per heavy atom. The number of fused-ring (bicyclic) bond motifs is 1. The third-order valence-electron chi connectivity index (χ3n) is 5.57. The molecule has 1 heterocycles. The molecule has 1 aromatic rings. The summed E-state index contributed by atoms with van der Waals surface area (Å²) in [5, 5.41) is 15.7. The summed E-state index contributed by atoms with van der Waals surface area (Å²) in [6.07, 6.45) is 4.45. The molecular formula is C21H32O9P2+2. The predicted octanol–water partition coefficient (Wildman–Crippen LogP) is 6.38. The Bertz CT molecular complexity index is 827. The maximum Gasteiger partial charge on any atom is 0.598 e. The lowest BCUT2D eigenvalue weighted by molar-refractivity contribution is -0.137. The molecule has 178 valence electrons. The first-order chi connectivity index (χ1) is 15.1. The topological polar surface area (TPSA) is 129 Å². The molecule has 0 amide bonds. The van der Waals surface area contributed by atoms with Crippen molar-refractivity contribution in [2.24, 2.45) is 5.92 Å². The Hall–Kier alpha value is -1.47. The molecule has 9 nitrogen and oxygen atoms in total. The maximum absolute atomic E-state index is 12.2. The van der Waals surface area contributed by atoms with Crippen molar-refractivity contribution in [1.29, 1.82) is 0 Å². The van der Waals surface area contributed by atoms with Crippen molar-refractivity contribution in [3.05, 3.63) is 23.3 Å². The summed E-state index contributed by atoms with van der Waals surface area (Å²) in [6, 6.07) is 3.50. The van der Waals surface area contributed by atoms with Crippen LogP contribution in [-0.2, 0) is 29.7 Å². The number of esters is 1. The van der Waals surface area contributed by atoms with Gasteiger partial charge in [-0.3, -0.25) is 4.79 Å². The fourth-order valence-electron chi connectivity index (χ4n) is 3.78. The Kier molecular flexibility index (Phi) is 10.1. The van der Waals surface area contributed by atoms with E-state index in [4.69, 9.17) is 20.0 Å². The molecule has 1 aliphatic heterocycles. The van der Waals surface area contributed by atoms with Gasteiger partial charge in [0.05, 0.1) is 12.8 Å². The SMILES string of the molecule is Cc1cc(OC(=O)CCC([P+](=O)OO)[P+](=O)OO)cc2c1OC(C)(CCCC(C)C)CC2. The average Bonchev–Trinajstić information content (AvgIpc) is 2.73. The van der Waals surface area contributed by atoms with Gasteiger partial charge < -0.3 is 9.47 Å². The van der Waals surface area contributed by atoms with Gasteiger partial charge in [-0.2, -0.15) is 0 Å². The molecule has 0 fully saturated rings. The van der Waals surface area contributed by atoms with Crippen LogP contribution in [-0.4, -0.2) is 27.5 Å². The van der Waals surface area contributed by atoms with Crippen LogP contribution < -0.4 is 9.47 Å².